The molecule has 4 aliphatic rings. The minimum Gasteiger partial charge on any atom is -0.340 e. The second kappa shape index (κ2) is 3.44. The summed E-state index contributed by atoms with van der Waals surface area (Å²) in [4.78, 5) is 13.8. The molecule has 3 aliphatic heterocycles. The SMILES string of the molecule is O=C(C1C[C@H]1F)N1CC2CC[C@H](CN2)C1. The van der Waals surface area contributed by atoms with E-state index < -0.39 is 6.17 Å². The van der Waals surface area contributed by atoms with E-state index >= 15 is 0 Å². The van der Waals surface area contributed by atoms with Crippen molar-refractivity contribution in [2.75, 3.05) is 19.6 Å². The highest BCUT2D eigenvalue weighted by atomic mass is 19.1. The first-order valence-corrected chi connectivity index (χ1v) is 5.90. The van der Waals surface area contributed by atoms with Gasteiger partial charge in [-0.1, -0.05) is 0 Å². The van der Waals surface area contributed by atoms with Crippen LogP contribution >= 0.6 is 0 Å². The van der Waals surface area contributed by atoms with E-state index in [2.05, 4.69) is 5.32 Å². The molecule has 1 N–H and O–H groups in total. The first-order chi connectivity index (χ1) is 7.24. The van der Waals surface area contributed by atoms with Crippen LogP contribution in [-0.4, -0.2) is 42.7 Å². The van der Waals surface area contributed by atoms with Crippen LogP contribution in [0.15, 0.2) is 0 Å². The number of hydrogen-bond acceptors (Lipinski definition) is 2. The van der Waals surface area contributed by atoms with Gasteiger partial charge < -0.3 is 10.2 Å². The predicted molar refractivity (Wildman–Crippen MR) is 54.1 cm³/mol. The molecule has 2 unspecified atom stereocenters. The molecule has 0 radical (unpaired) electrons. The molecule has 2 bridgehead atoms. The van der Waals surface area contributed by atoms with Crippen molar-refractivity contribution in [3.63, 3.8) is 0 Å². The standard InChI is InChI=1S/C11H17FN2O/c12-10-3-9(10)11(15)14-5-7-1-2-8(6-14)13-4-7/h7-10,13H,1-6H2/t7-,8?,9?,10-/m1/s1. The third-order valence-corrected chi connectivity index (χ3v) is 3.88. The molecule has 1 amide bonds. The maximum Gasteiger partial charge on any atom is 0.228 e. The highest BCUT2D eigenvalue weighted by Gasteiger charge is 2.46. The molecule has 3 heterocycles. The quantitative estimate of drug-likeness (QED) is 0.688. The molecule has 0 aromatic carbocycles. The number of hydrogen-bond donors (Lipinski definition) is 1. The lowest BCUT2D eigenvalue weighted by Gasteiger charge is -2.23. The Labute approximate surface area is 89.0 Å². The second-order valence-electron chi connectivity index (χ2n) is 5.15. The van der Waals surface area contributed by atoms with Gasteiger partial charge in [-0.3, -0.25) is 4.79 Å². The van der Waals surface area contributed by atoms with Crippen molar-refractivity contribution in [1.29, 1.82) is 0 Å². The minimum absolute atomic E-state index is 0.0584. The average Bonchev–Trinajstić information content (AvgIpc) is 3.00. The van der Waals surface area contributed by atoms with Crippen molar-refractivity contribution < 1.29 is 9.18 Å². The zero-order valence-corrected chi connectivity index (χ0v) is 8.79. The molecular formula is C11H17FN2O. The van der Waals surface area contributed by atoms with Gasteiger partial charge in [0.2, 0.25) is 5.91 Å². The molecule has 15 heavy (non-hydrogen) atoms. The Balaban J connectivity index is 1.68. The van der Waals surface area contributed by atoms with Crippen LogP contribution < -0.4 is 5.32 Å². The molecule has 0 aromatic heterocycles. The van der Waals surface area contributed by atoms with Crippen LogP contribution in [0.1, 0.15) is 19.3 Å². The Hall–Kier alpha value is -0.640. The number of carbonyl (C=O) groups excluding carboxylic acids is 1. The third kappa shape index (κ3) is 1.75. The van der Waals surface area contributed by atoms with Gasteiger partial charge in [0.15, 0.2) is 0 Å². The Morgan fingerprint density at radius 1 is 1.33 bits per heavy atom. The number of alkyl halides is 1. The molecule has 4 rings (SSSR count). The number of carbonyl (C=O) groups is 1. The summed E-state index contributed by atoms with van der Waals surface area (Å²) in [5.74, 6) is 0.343. The maximum absolute atomic E-state index is 12.8. The monoisotopic (exact) mass is 212 g/mol. The van der Waals surface area contributed by atoms with Crippen molar-refractivity contribution >= 4 is 5.91 Å². The van der Waals surface area contributed by atoms with Crippen molar-refractivity contribution in [3.8, 4) is 0 Å². The Kier molecular flexibility index (Phi) is 2.20. The van der Waals surface area contributed by atoms with E-state index in [0.29, 0.717) is 18.4 Å². The second-order valence-corrected chi connectivity index (χ2v) is 5.15. The maximum atomic E-state index is 12.8. The van der Waals surface area contributed by atoms with E-state index in [4.69, 9.17) is 0 Å². The van der Waals surface area contributed by atoms with Crippen LogP contribution in [0.4, 0.5) is 4.39 Å². The fraction of sp³-hybridized carbons (Fsp3) is 0.909. The van der Waals surface area contributed by atoms with Crippen LogP contribution in [0, 0.1) is 11.8 Å². The van der Waals surface area contributed by atoms with Gasteiger partial charge in [-0.05, 0) is 31.7 Å². The number of rotatable bonds is 1. The van der Waals surface area contributed by atoms with Crippen LogP contribution in [-0.2, 0) is 4.79 Å². The summed E-state index contributed by atoms with van der Waals surface area (Å²) in [5, 5.41) is 3.45. The van der Waals surface area contributed by atoms with Gasteiger partial charge in [-0.2, -0.15) is 0 Å². The molecular weight excluding hydrogens is 195 g/mol. The van der Waals surface area contributed by atoms with Gasteiger partial charge in [0.05, 0.1) is 5.92 Å². The third-order valence-electron chi connectivity index (χ3n) is 3.88. The molecule has 0 spiro atoms. The zero-order valence-electron chi connectivity index (χ0n) is 8.79. The molecule has 1 aliphatic carbocycles. The molecule has 1 saturated carbocycles. The van der Waals surface area contributed by atoms with E-state index in [1.54, 1.807) is 0 Å². The van der Waals surface area contributed by atoms with Crippen LogP contribution in [0.3, 0.4) is 0 Å². The van der Waals surface area contributed by atoms with Gasteiger partial charge in [0.1, 0.15) is 6.17 Å². The number of amides is 1. The summed E-state index contributed by atoms with van der Waals surface area (Å²) in [6.45, 7) is 2.66. The van der Waals surface area contributed by atoms with E-state index in [0.717, 1.165) is 26.1 Å². The molecule has 84 valence electrons. The summed E-state index contributed by atoms with van der Waals surface area (Å²) < 4.78 is 12.8. The first-order valence-electron chi connectivity index (χ1n) is 5.90. The fourth-order valence-corrected chi connectivity index (χ4v) is 2.77. The highest BCUT2D eigenvalue weighted by molar-refractivity contribution is 5.82. The molecule has 4 heteroatoms. The van der Waals surface area contributed by atoms with Crippen molar-refractivity contribution in [2.24, 2.45) is 11.8 Å². The first kappa shape index (κ1) is 9.58. The largest absolute Gasteiger partial charge is 0.340 e. The topological polar surface area (TPSA) is 32.3 Å². The summed E-state index contributed by atoms with van der Waals surface area (Å²) in [7, 11) is 0. The van der Waals surface area contributed by atoms with Crippen LogP contribution in [0.5, 0.6) is 0 Å². The summed E-state index contributed by atoms with van der Waals surface area (Å²) in [5.41, 5.74) is 0. The minimum atomic E-state index is -0.855. The molecule has 4 atom stereocenters. The normalized spacial score (nSPS) is 43.9. The number of piperidine rings is 1. The van der Waals surface area contributed by atoms with E-state index in [1.807, 2.05) is 4.90 Å². The lowest BCUT2D eigenvalue weighted by atomic mass is 9.97. The zero-order chi connectivity index (χ0) is 10.4. The Bertz CT molecular complexity index is 262. The molecule has 0 aromatic rings. The summed E-state index contributed by atoms with van der Waals surface area (Å²) in [6.07, 6.45) is 1.98. The summed E-state index contributed by atoms with van der Waals surface area (Å²) in [6, 6.07) is 0.449. The van der Waals surface area contributed by atoms with E-state index in [1.165, 1.54) is 6.42 Å². The number of nitrogens with one attached hydrogen (secondary N) is 1. The van der Waals surface area contributed by atoms with Gasteiger partial charge in [0.25, 0.3) is 0 Å². The summed E-state index contributed by atoms with van der Waals surface area (Å²) >= 11 is 0. The van der Waals surface area contributed by atoms with E-state index in [9.17, 15) is 9.18 Å². The fourth-order valence-electron chi connectivity index (χ4n) is 2.77. The van der Waals surface area contributed by atoms with Gasteiger partial charge in [-0.25, -0.2) is 4.39 Å². The van der Waals surface area contributed by atoms with Gasteiger partial charge in [-0.15, -0.1) is 0 Å². The molecule has 3 nitrogen and oxygen atoms in total. The van der Waals surface area contributed by atoms with Gasteiger partial charge in [0, 0.05) is 19.1 Å². The lowest BCUT2D eigenvalue weighted by molar-refractivity contribution is -0.133. The average molecular weight is 212 g/mol. The van der Waals surface area contributed by atoms with Crippen molar-refractivity contribution in [1.82, 2.24) is 10.2 Å². The van der Waals surface area contributed by atoms with Crippen LogP contribution in [0.2, 0.25) is 0 Å². The van der Waals surface area contributed by atoms with Gasteiger partial charge >= 0.3 is 0 Å². The van der Waals surface area contributed by atoms with E-state index in [-0.39, 0.29) is 11.8 Å². The Morgan fingerprint density at radius 2 is 2.13 bits per heavy atom. The van der Waals surface area contributed by atoms with Crippen molar-refractivity contribution in [2.45, 2.75) is 31.5 Å². The number of nitrogens with zero attached hydrogens (tertiary/aromatic N) is 1. The molecule has 3 saturated heterocycles. The number of fused-ring (bicyclic) bond motifs is 4. The Morgan fingerprint density at radius 3 is 2.73 bits per heavy atom. The lowest BCUT2D eigenvalue weighted by Crippen LogP contribution is -2.41. The smallest absolute Gasteiger partial charge is 0.228 e. The highest BCUT2D eigenvalue weighted by Crippen LogP contribution is 2.36. The molecule has 4 fully saturated rings. The van der Waals surface area contributed by atoms with Crippen LogP contribution in [0.25, 0.3) is 0 Å². The predicted octanol–water partition coefficient (Wildman–Crippen LogP) is 0.555. The number of halogens is 1. The van der Waals surface area contributed by atoms with Crippen molar-refractivity contribution in [3.05, 3.63) is 0 Å².